The number of hydrogen-bond donors (Lipinski definition) is 3. The SMILES string of the molecule is Cc1c(C(=O)N(CCCN2CCCNCCNCCCNCC2)N2CCCCC2)nn(-c2ccc(Cl)cc2Cl)c1-c1ccc(Cl)cc1. The highest BCUT2D eigenvalue weighted by atomic mass is 35.5. The highest BCUT2D eigenvalue weighted by Crippen LogP contribution is 2.34. The molecular weight excluding hydrogens is 655 g/mol. The van der Waals surface area contributed by atoms with E-state index in [4.69, 9.17) is 39.9 Å². The van der Waals surface area contributed by atoms with Crippen LogP contribution in [-0.2, 0) is 0 Å². The lowest BCUT2D eigenvalue weighted by Gasteiger charge is -2.37. The second-order valence-electron chi connectivity index (χ2n) is 12.4. The van der Waals surface area contributed by atoms with E-state index in [9.17, 15) is 4.79 Å². The Bertz CT molecular complexity index is 1410. The number of carbonyl (C=O) groups excluding carboxylic acids is 1. The van der Waals surface area contributed by atoms with Crippen molar-refractivity contribution in [3.8, 4) is 16.9 Å². The molecule has 1 amide bonds. The number of nitrogens with zero attached hydrogens (tertiary/aromatic N) is 5. The number of benzene rings is 2. The van der Waals surface area contributed by atoms with Crippen molar-refractivity contribution in [1.82, 2.24) is 40.6 Å². The smallest absolute Gasteiger partial charge is 0.288 e. The molecule has 2 fully saturated rings. The van der Waals surface area contributed by atoms with Gasteiger partial charge < -0.3 is 20.9 Å². The van der Waals surface area contributed by atoms with Crippen LogP contribution in [0.4, 0.5) is 0 Å². The molecule has 0 spiro atoms. The molecular formula is C35H49Cl3N8O. The van der Waals surface area contributed by atoms with Gasteiger partial charge in [0, 0.05) is 67.0 Å². The van der Waals surface area contributed by atoms with Crippen LogP contribution in [-0.4, -0.2) is 109 Å². The van der Waals surface area contributed by atoms with Crippen LogP contribution in [0.3, 0.4) is 0 Å². The van der Waals surface area contributed by atoms with Crippen molar-refractivity contribution in [1.29, 1.82) is 0 Å². The predicted octanol–water partition coefficient (Wildman–Crippen LogP) is 5.91. The number of halogens is 3. The van der Waals surface area contributed by atoms with E-state index in [0.29, 0.717) is 33.0 Å². The summed E-state index contributed by atoms with van der Waals surface area (Å²) in [6, 6.07) is 12.9. The van der Waals surface area contributed by atoms with E-state index >= 15 is 0 Å². The van der Waals surface area contributed by atoms with Crippen molar-refractivity contribution in [3.63, 3.8) is 0 Å². The molecule has 47 heavy (non-hydrogen) atoms. The standard InChI is InChI=1S/C35H49Cl3N8O/c1-27-33(42-46(32-13-12-30(37)26-31(32)38)34(27)28-8-10-29(36)11-9-28)35(47)45(44-22-3-2-4-23-44)24-7-21-43-20-6-16-40-18-17-39-14-5-15-41-19-25-43/h8-13,26,39-41H,2-7,14-25H2,1H3. The number of amides is 1. The lowest BCUT2D eigenvalue weighted by atomic mass is 10.1. The molecule has 2 saturated heterocycles. The van der Waals surface area contributed by atoms with Crippen molar-refractivity contribution < 1.29 is 4.79 Å². The third-order valence-electron chi connectivity index (χ3n) is 8.95. The number of hydrogen-bond acceptors (Lipinski definition) is 7. The second kappa shape index (κ2) is 18.5. The monoisotopic (exact) mass is 702 g/mol. The Morgan fingerprint density at radius 1 is 0.787 bits per heavy atom. The molecule has 2 aliphatic heterocycles. The van der Waals surface area contributed by atoms with Crippen LogP contribution in [0.5, 0.6) is 0 Å². The number of nitrogens with one attached hydrogen (secondary N) is 3. The lowest BCUT2D eigenvalue weighted by molar-refractivity contribution is -0.0235. The summed E-state index contributed by atoms with van der Waals surface area (Å²) >= 11 is 19.2. The average Bonchev–Trinajstić information content (AvgIpc) is 3.41. The van der Waals surface area contributed by atoms with E-state index < -0.39 is 0 Å². The largest absolute Gasteiger partial charge is 0.315 e. The summed E-state index contributed by atoms with van der Waals surface area (Å²) < 4.78 is 1.77. The number of carbonyl (C=O) groups is 1. The van der Waals surface area contributed by atoms with Gasteiger partial charge in [0.15, 0.2) is 5.69 Å². The van der Waals surface area contributed by atoms with Gasteiger partial charge in [0.2, 0.25) is 0 Å². The average molecular weight is 704 g/mol. The molecule has 12 heteroatoms. The summed E-state index contributed by atoms with van der Waals surface area (Å²) in [5, 5.41) is 21.5. The third kappa shape index (κ3) is 10.2. The molecule has 0 saturated carbocycles. The van der Waals surface area contributed by atoms with Crippen LogP contribution in [0.25, 0.3) is 16.9 Å². The van der Waals surface area contributed by atoms with Gasteiger partial charge in [-0.1, -0.05) is 53.4 Å². The summed E-state index contributed by atoms with van der Waals surface area (Å²) in [4.78, 5) is 17.1. The molecule has 3 aromatic rings. The fourth-order valence-electron chi connectivity index (χ4n) is 6.42. The van der Waals surface area contributed by atoms with Gasteiger partial charge >= 0.3 is 0 Å². The minimum Gasteiger partial charge on any atom is -0.315 e. The summed E-state index contributed by atoms with van der Waals surface area (Å²) in [5.41, 5.74) is 3.59. The zero-order valence-electron chi connectivity index (χ0n) is 27.5. The molecule has 2 aromatic carbocycles. The Morgan fingerprint density at radius 3 is 2.19 bits per heavy atom. The number of rotatable bonds is 8. The van der Waals surface area contributed by atoms with Crippen LogP contribution in [0.15, 0.2) is 42.5 Å². The van der Waals surface area contributed by atoms with Gasteiger partial charge in [-0.3, -0.25) is 9.80 Å². The minimum atomic E-state index is -0.0797. The van der Waals surface area contributed by atoms with Crippen molar-refractivity contribution in [3.05, 3.63) is 68.8 Å². The number of piperidine rings is 1. The zero-order valence-corrected chi connectivity index (χ0v) is 29.8. The highest BCUT2D eigenvalue weighted by Gasteiger charge is 2.30. The predicted molar refractivity (Wildman–Crippen MR) is 194 cm³/mol. The fraction of sp³-hybridized carbons (Fsp3) is 0.543. The molecule has 0 bridgehead atoms. The number of aromatic nitrogens is 2. The molecule has 1 aromatic heterocycles. The Hall–Kier alpha value is -2.21. The molecule has 2 aliphatic rings. The van der Waals surface area contributed by atoms with Gasteiger partial charge in [0.1, 0.15) is 0 Å². The van der Waals surface area contributed by atoms with E-state index in [0.717, 1.165) is 121 Å². The molecule has 3 heterocycles. The van der Waals surface area contributed by atoms with Crippen LogP contribution < -0.4 is 16.0 Å². The van der Waals surface area contributed by atoms with Gasteiger partial charge in [-0.25, -0.2) is 9.69 Å². The van der Waals surface area contributed by atoms with E-state index in [1.165, 1.54) is 6.42 Å². The van der Waals surface area contributed by atoms with Crippen LogP contribution >= 0.6 is 34.8 Å². The first-order valence-corrected chi connectivity index (χ1v) is 18.3. The normalized spacial score (nSPS) is 18.1. The van der Waals surface area contributed by atoms with Crippen molar-refractivity contribution in [2.24, 2.45) is 0 Å². The maximum absolute atomic E-state index is 14.6. The lowest BCUT2D eigenvalue weighted by Crippen LogP contribution is -2.50. The van der Waals surface area contributed by atoms with Crippen LogP contribution in [0, 0.1) is 6.92 Å². The van der Waals surface area contributed by atoms with E-state index in [1.807, 2.05) is 42.3 Å². The minimum absolute atomic E-state index is 0.0797. The Balaban J connectivity index is 1.38. The molecule has 9 nitrogen and oxygen atoms in total. The topological polar surface area (TPSA) is 80.7 Å². The van der Waals surface area contributed by atoms with Crippen LogP contribution in [0.1, 0.15) is 54.6 Å². The Labute approximate surface area is 294 Å². The first kappa shape index (κ1) is 36.1. The summed E-state index contributed by atoms with van der Waals surface area (Å²) in [6.45, 7) is 13.4. The van der Waals surface area contributed by atoms with Crippen molar-refractivity contribution in [2.75, 3.05) is 78.5 Å². The van der Waals surface area contributed by atoms with Gasteiger partial charge in [-0.15, -0.1) is 0 Å². The molecule has 0 radical (unpaired) electrons. The summed E-state index contributed by atoms with van der Waals surface area (Å²) in [5.74, 6) is -0.0797. The maximum Gasteiger partial charge on any atom is 0.288 e. The summed E-state index contributed by atoms with van der Waals surface area (Å²) in [7, 11) is 0. The quantitative estimate of drug-likeness (QED) is 0.270. The maximum atomic E-state index is 14.6. The molecule has 0 atom stereocenters. The Morgan fingerprint density at radius 2 is 1.47 bits per heavy atom. The van der Waals surface area contributed by atoms with Crippen LogP contribution in [0.2, 0.25) is 15.1 Å². The molecule has 256 valence electrons. The highest BCUT2D eigenvalue weighted by molar-refractivity contribution is 6.35. The van der Waals surface area contributed by atoms with Crippen molar-refractivity contribution in [2.45, 2.75) is 45.4 Å². The molecule has 5 rings (SSSR count). The first-order valence-electron chi connectivity index (χ1n) is 17.1. The van der Waals surface area contributed by atoms with E-state index in [1.54, 1.807) is 16.8 Å². The fourth-order valence-corrected chi connectivity index (χ4v) is 7.03. The summed E-state index contributed by atoms with van der Waals surface area (Å²) in [6.07, 6.45) is 6.46. The zero-order chi connectivity index (χ0) is 33.0. The first-order chi connectivity index (χ1) is 22.9. The molecule has 0 unspecified atom stereocenters. The molecule has 3 N–H and O–H groups in total. The Kier molecular flexibility index (Phi) is 14.2. The van der Waals surface area contributed by atoms with Gasteiger partial charge in [-0.05, 0) is 102 Å². The van der Waals surface area contributed by atoms with E-state index in [-0.39, 0.29) is 5.91 Å². The van der Waals surface area contributed by atoms with Crippen molar-refractivity contribution >= 4 is 40.7 Å². The second-order valence-corrected chi connectivity index (χ2v) is 13.7. The molecule has 0 aliphatic carbocycles. The van der Waals surface area contributed by atoms with Gasteiger partial charge in [0.25, 0.3) is 5.91 Å². The van der Waals surface area contributed by atoms with E-state index in [2.05, 4.69) is 25.9 Å². The third-order valence-corrected chi connectivity index (χ3v) is 9.74. The number of hydrazine groups is 1. The van der Waals surface area contributed by atoms with Gasteiger partial charge in [-0.2, -0.15) is 5.10 Å². The van der Waals surface area contributed by atoms with Gasteiger partial charge in [0.05, 0.1) is 16.4 Å².